The van der Waals surface area contributed by atoms with Crippen LogP contribution in [-0.4, -0.2) is 72.4 Å². The quantitative estimate of drug-likeness (QED) is 0.451. The van der Waals surface area contributed by atoms with Crippen LogP contribution >= 0.6 is 22.7 Å². The summed E-state index contributed by atoms with van der Waals surface area (Å²) in [5.41, 5.74) is 0. The molecule has 2 aromatic rings. The Bertz CT molecular complexity index is 620. The minimum atomic E-state index is -0.349. The Labute approximate surface area is 197 Å². The normalized spacial score (nSPS) is 11.4. The molecule has 0 saturated carbocycles. The molecular weight excluding hydrogens is 414 g/mol. The van der Waals surface area contributed by atoms with Crippen LogP contribution < -0.4 is 28.3 Å². The molecule has 1 fully saturated rings. The van der Waals surface area contributed by atoms with Crippen LogP contribution in [0, 0.1) is 0 Å². The van der Waals surface area contributed by atoms with E-state index < -0.39 is 0 Å². The van der Waals surface area contributed by atoms with E-state index in [2.05, 4.69) is 9.97 Å². The van der Waals surface area contributed by atoms with E-state index in [4.69, 9.17) is 24.1 Å². The summed E-state index contributed by atoms with van der Waals surface area (Å²) in [5.74, 6) is -0.349. The van der Waals surface area contributed by atoms with Crippen molar-refractivity contribution >= 4 is 46.0 Å². The first-order valence-electron chi connectivity index (χ1n) is 7.98. The number of aliphatic hydroxyl groups excluding tert-OH is 1. The third-order valence-corrected chi connectivity index (χ3v) is 4.71. The molecule has 1 N–H and O–H groups in total. The second kappa shape index (κ2) is 18.4. The minimum Gasteiger partial charge on any atom is -1.00 e. The largest absolute Gasteiger partial charge is 1.00 e. The summed E-state index contributed by atoms with van der Waals surface area (Å²) in [6.45, 7) is 4.18. The van der Waals surface area contributed by atoms with Crippen molar-refractivity contribution in [3.63, 3.8) is 0 Å². The average Bonchev–Trinajstić information content (AvgIpc) is 3.45. The Morgan fingerprint density at radius 3 is 2.11 bits per heavy atom. The summed E-state index contributed by atoms with van der Waals surface area (Å²) in [6, 6.07) is 0. The summed E-state index contributed by atoms with van der Waals surface area (Å²) >= 11 is 2.52. The summed E-state index contributed by atoms with van der Waals surface area (Å²) in [5, 5.41) is 9.63. The maximum absolute atomic E-state index is 11.1. The first-order valence-corrected chi connectivity index (χ1v) is 9.62. The van der Waals surface area contributed by atoms with Crippen molar-refractivity contribution in [3.05, 3.63) is 22.1 Å². The van der Waals surface area contributed by atoms with Crippen molar-refractivity contribution in [1.82, 2.24) is 9.97 Å². The van der Waals surface area contributed by atoms with Crippen LogP contribution in [0.2, 0.25) is 0 Å². The van der Waals surface area contributed by atoms with E-state index in [0.717, 1.165) is 18.1 Å². The number of hydrogen-bond acceptors (Lipinski definition) is 10. The number of carbonyl (C=O) groups is 1. The van der Waals surface area contributed by atoms with Crippen LogP contribution in [0.15, 0.2) is 12.4 Å². The molecule has 0 radical (unpaired) electrons. The van der Waals surface area contributed by atoms with Gasteiger partial charge in [0.25, 0.3) is 10.4 Å². The Balaban J connectivity index is -0.000000355. The van der Waals surface area contributed by atoms with E-state index in [-0.39, 0.29) is 50.2 Å². The van der Waals surface area contributed by atoms with Crippen molar-refractivity contribution in [1.29, 1.82) is 0 Å². The van der Waals surface area contributed by atoms with Crippen LogP contribution in [0.1, 0.15) is 35.7 Å². The van der Waals surface area contributed by atoms with Crippen LogP contribution in [0.25, 0.3) is 0 Å². The zero-order chi connectivity index (χ0) is 19.2. The molecule has 28 heavy (non-hydrogen) atoms. The number of rotatable bonds is 5. The molecule has 0 aliphatic carbocycles. The topological polar surface area (TPSA) is 100 Å². The molecule has 0 bridgehead atoms. The van der Waals surface area contributed by atoms with Crippen LogP contribution in [0.4, 0.5) is 0 Å². The molecule has 8 nitrogen and oxygen atoms in total. The van der Waals surface area contributed by atoms with Crippen molar-refractivity contribution in [2.75, 3.05) is 34.0 Å². The van der Waals surface area contributed by atoms with Crippen molar-refractivity contribution < 1.29 is 49.1 Å². The molecule has 0 unspecified atom stereocenters. The van der Waals surface area contributed by atoms with Gasteiger partial charge in [-0.3, -0.25) is 0 Å². The van der Waals surface area contributed by atoms with Gasteiger partial charge in [0.05, 0.1) is 38.5 Å². The molecule has 2 aromatic heterocycles. The molecule has 0 amide bonds. The maximum Gasteiger partial charge on any atom is 1.00 e. The predicted octanol–water partition coefficient (Wildman–Crippen LogP) is -1.30. The zero-order valence-electron chi connectivity index (χ0n) is 17.1. The molecule has 154 valence electrons. The molecule has 0 aromatic carbocycles. The van der Waals surface area contributed by atoms with Crippen molar-refractivity contribution in [2.45, 2.75) is 26.4 Å². The van der Waals surface area contributed by atoms with Crippen LogP contribution in [0.3, 0.4) is 0 Å². The third-order valence-electron chi connectivity index (χ3n) is 2.83. The van der Waals surface area contributed by atoms with Gasteiger partial charge in [0.15, 0.2) is 17.4 Å². The molecule has 1 aliphatic heterocycles. The Morgan fingerprint density at radius 2 is 1.75 bits per heavy atom. The van der Waals surface area contributed by atoms with E-state index in [1.807, 2.05) is 0 Å². The number of aromatic nitrogens is 2. The van der Waals surface area contributed by atoms with E-state index in [1.54, 1.807) is 20.2 Å². The monoisotopic (exact) mass is 442 g/mol. The molecule has 0 atom stereocenters. The number of carbonyl (C=O) groups excluding carboxylic acids is 1. The van der Waals surface area contributed by atoms with E-state index in [9.17, 15) is 4.79 Å². The first kappa shape index (κ1) is 29.6. The predicted molar refractivity (Wildman–Crippen MR) is 110 cm³/mol. The van der Waals surface area contributed by atoms with E-state index in [1.165, 1.54) is 48.8 Å². The fourth-order valence-electron chi connectivity index (χ4n) is 1.62. The Morgan fingerprint density at radius 1 is 1.18 bits per heavy atom. The van der Waals surface area contributed by atoms with Crippen LogP contribution in [0.5, 0.6) is 10.4 Å². The van der Waals surface area contributed by atoms with Gasteiger partial charge in [-0.25, -0.2) is 14.8 Å². The summed E-state index contributed by atoms with van der Waals surface area (Å²) < 4.78 is 19.3. The van der Waals surface area contributed by atoms with Gasteiger partial charge in [0.2, 0.25) is 0 Å². The number of methoxy groups -OCH3 is 2. The maximum atomic E-state index is 11.1. The van der Waals surface area contributed by atoms with Gasteiger partial charge in [0.1, 0.15) is 4.88 Å². The number of thiazole rings is 2. The number of aliphatic hydroxyl groups is 1. The number of hydrogen-bond donors (Lipinski definition) is 1. The number of ether oxygens (including phenoxy) is 4. The SMILES string of the molecule is C1CCOC1.CCOC(=O)c1cnc(OC)s1.COc1ncc(CO)s1.[AlH3].[H-].[Li+]. The Kier molecular flexibility index (Phi) is 19.4. The molecular formula is C16H28AlLiN2O6S2. The third kappa shape index (κ3) is 12.1. The van der Waals surface area contributed by atoms with Gasteiger partial charge in [-0.15, -0.1) is 0 Å². The van der Waals surface area contributed by atoms with Gasteiger partial charge < -0.3 is 25.5 Å². The van der Waals surface area contributed by atoms with Gasteiger partial charge in [-0.2, -0.15) is 0 Å². The number of esters is 1. The van der Waals surface area contributed by atoms with Gasteiger partial charge in [-0.05, 0) is 19.8 Å². The summed E-state index contributed by atoms with van der Waals surface area (Å²) in [7, 11) is 3.06. The first-order chi connectivity index (χ1) is 12.6. The zero-order valence-corrected chi connectivity index (χ0v) is 17.7. The van der Waals surface area contributed by atoms with Crippen molar-refractivity contribution in [3.8, 4) is 10.4 Å². The fourth-order valence-corrected chi connectivity index (χ4v) is 2.82. The second-order valence-corrected chi connectivity index (χ2v) is 6.76. The van der Waals surface area contributed by atoms with Gasteiger partial charge >= 0.3 is 24.8 Å². The van der Waals surface area contributed by atoms with Crippen molar-refractivity contribution in [2.24, 2.45) is 0 Å². The Hall–Kier alpha value is -0.620. The van der Waals surface area contributed by atoms with Crippen LogP contribution in [-0.2, 0) is 16.1 Å². The molecule has 0 spiro atoms. The molecule has 1 aliphatic rings. The average molecular weight is 442 g/mol. The van der Waals surface area contributed by atoms with E-state index >= 15 is 0 Å². The van der Waals surface area contributed by atoms with E-state index in [0.29, 0.717) is 21.9 Å². The van der Waals surface area contributed by atoms with Gasteiger partial charge in [0, 0.05) is 19.4 Å². The molecule has 12 heteroatoms. The minimum absolute atomic E-state index is 0. The van der Waals surface area contributed by atoms with Gasteiger partial charge in [-0.1, -0.05) is 22.7 Å². The smallest absolute Gasteiger partial charge is 1.00 e. The molecule has 3 heterocycles. The molecule has 1 saturated heterocycles. The standard InChI is InChI=1S/C7H9NO3S.C5H7NO2S.C4H8O.Al.Li.4H/c1-3-11-6(9)5-4-8-7(10-2)12-5;1-8-5-6-2-4(3-7)9-5;1-2-4-5-3-1;;;;;;/h4H,3H2,1-2H3;2,7H,3H2,1H3;1-4H2;;;;;;/q;;;;+1;;;;-1. The summed E-state index contributed by atoms with van der Waals surface area (Å²) in [4.78, 5) is 20.0. The second-order valence-electron chi connectivity index (χ2n) is 4.69. The summed E-state index contributed by atoms with van der Waals surface area (Å²) in [6.07, 6.45) is 5.60. The number of nitrogens with zero attached hydrogens (tertiary/aromatic N) is 2. The molecule has 3 rings (SSSR count). The fraction of sp³-hybridized carbons (Fsp3) is 0.562.